The standard InChI is InChI=1S/C24H33N3O2S/c1-7-26(8-2)12-13-27-20(11-14-29-6)25-23-22(24(27)28)21(18(5)30-23)19-10-9-16(3)17(4)15-19/h9-10,15H,7-8,11-14H2,1-6H3. The molecular formula is C24H33N3O2S. The van der Waals surface area contributed by atoms with Crippen molar-refractivity contribution < 1.29 is 4.74 Å². The molecule has 2 aromatic heterocycles. The van der Waals surface area contributed by atoms with E-state index in [9.17, 15) is 4.79 Å². The van der Waals surface area contributed by atoms with Gasteiger partial charge in [0.1, 0.15) is 10.7 Å². The SMILES string of the molecule is CCN(CC)CCn1c(CCOC)nc2sc(C)c(-c3ccc(C)c(C)c3)c2c1=O. The van der Waals surface area contributed by atoms with Crippen LogP contribution >= 0.6 is 11.3 Å². The van der Waals surface area contributed by atoms with Crippen LogP contribution in [0.15, 0.2) is 23.0 Å². The van der Waals surface area contributed by atoms with Gasteiger partial charge in [-0.25, -0.2) is 4.98 Å². The summed E-state index contributed by atoms with van der Waals surface area (Å²) in [5.41, 5.74) is 4.69. The summed E-state index contributed by atoms with van der Waals surface area (Å²) in [6.07, 6.45) is 0.635. The molecule has 6 heteroatoms. The van der Waals surface area contributed by atoms with E-state index in [0.29, 0.717) is 19.6 Å². The number of rotatable bonds is 9. The van der Waals surface area contributed by atoms with Gasteiger partial charge in [0.25, 0.3) is 5.56 Å². The van der Waals surface area contributed by atoms with E-state index in [1.165, 1.54) is 11.1 Å². The molecule has 0 atom stereocenters. The topological polar surface area (TPSA) is 47.4 Å². The Kier molecular flexibility index (Phi) is 7.45. The van der Waals surface area contributed by atoms with Crippen molar-refractivity contribution in [3.63, 3.8) is 0 Å². The fourth-order valence-electron chi connectivity index (χ4n) is 3.88. The quantitative estimate of drug-likeness (QED) is 0.501. The van der Waals surface area contributed by atoms with Crippen LogP contribution in [0.1, 0.15) is 35.7 Å². The Balaban J connectivity index is 2.18. The molecule has 0 N–H and O–H groups in total. The minimum Gasteiger partial charge on any atom is -0.384 e. The minimum atomic E-state index is 0.0656. The van der Waals surface area contributed by atoms with Gasteiger partial charge < -0.3 is 9.64 Å². The highest BCUT2D eigenvalue weighted by Gasteiger charge is 2.20. The van der Waals surface area contributed by atoms with E-state index in [1.807, 2.05) is 4.57 Å². The Morgan fingerprint density at radius 3 is 2.50 bits per heavy atom. The predicted molar refractivity (Wildman–Crippen MR) is 127 cm³/mol. The van der Waals surface area contributed by atoms with Gasteiger partial charge in [-0.15, -0.1) is 11.3 Å². The van der Waals surface area contributed by atoms with Crippen LogP contribution in [-0.4, -0.2) is 47.8 Å². The molecule has 2 heterocycles. The fourth-order valence-corrected chi connectivity index (χ4v) is 4.93. The van der Waals surface area contributed by atoms with Crippen LogP contribution < -0.4 is 5.56 Å². The van der Waals surface area contributed by atoms with Crippen molar-refractivity contribution >= 4 is 21.6 Å². The Morgan fingerprint density at radius 2 is 1.87 bits per heavy atom. The van der Waals surface area contributed by atoms with Gasteiger partial charge >= 0.3 is 0 Å². The Bertz CT molecular complexity index is 1080. The maximum atomic E-state index is 13.7. The number of hydrogen-bond acceptors (Lipinski definition) is 5. The maximum absolute atomic E-state index is 13.7. The number of nitrogens with zero attached hydrogens (tertiary/aromatic N) is 3. The van der Waals surface area contributed by atoms with Crippen LogP contribution in [0.2, 0.25) is 0 Å². The fraction of sp³-hybridized carbons (Fsp3) is 0.500. The molecule has 3 aromatic rings. The number of likely N-dealkylation sites (N-methyl/N-ethyl adjacent to an activating group) is 1. The third kappa shape index (κ3) is 4.51. The number of benzene rings is 1. The van der Waals surface area contributed by atoms with E-state index >= 15 is 0 Å². The van der Waals surface area contributed by atoms with E-state index in [4.69, 9.17) is 9.72 Å². The summed E-state index contributed by atoms with van der Waals surface area (Å²) in [5, 5.41) is 0.751. The summed E-state index contributed by atoms with van der Waals surface area (Å²) < 4.78 is 7.15. The molecule has 0 unspecified atom stereocenters. The third-order valence-corrected chi connectivity index (χ3v) is 6.93. The molecule has 0 aliphatic heterocycles. The number of methoxy groups -OCH3 is 1. The zero-order chi connectivity index (χ0) is 21.8. The highest BCUT2D eigenvalue weighted by molar-refractivity contribution is 7.19. The summed E-state index contributed by atoms with van der Waals surface area (Å²) in [7, 11) is 1.68. The van der Waals surface area contributed by atoms with Gasteiger partial charge in [-0.05, 0) is 50.6 Å². The van der Waals surface area contributed by atoms with Crippen LogP contribution in [0.25, 0.3) is 21.3 Å². The Labute approximate surface area is 183 Å². The second-order valence-corrected chi connectivity index (χ2v) is 8.97. The van der Waals surface area contributed by atoms with Crippen molar-refractivity contribution in [2.75, 3.05) is 33.4 Å². The lowest BCUT2D eigenvalue weighted by Crippen LogP contribution is -2.33. The molecule has 3 rings (SSSR count). The van der Waals surface area contributed by atoms with Crippen molar-refractivity contribution in [2.45, 2.75) is 47.6 Å². The molecule has 0 spiro atoms. The molecule has 5 nitrogen and oxygen atoms in total. The molecule has 0 aliphatic rings. The van der Waals surface area contributed by atoms with Gasteiger partial charge in [0.2, 0.25) is 0 Å². The molecule has 0 saturated heterocycles. The molecule has 1 aromatic carbocycles. The number of aryl methyl sites for hydroxylation is 3. The highest BCUT2D eigenvalue weighted by atomic mass is 32.1. The van der Waals surface area contributed by atoms with Crippen molar-refractivity contribution in [3.05, 3.63) is 50.4 Å². The largest absolute Gasteiger partial charge is 0.384 e. The monoisotopic (exact) mass is 427 g/mol. The number of thiophene rings is 1. The van der Waals surface area contributed by atoms with Crippen LogP contribution in [-0.2, 0) is 17.7 Å². The number of aromatic nitrogens is 2. The summed E-state index contributed by atoms with van der Waals surface area (Å²) in [6, 6.07) is 6.44. The first-order valence-corrected chi connectivity index (χ1v) is 11.5. The zero-order valence-corrected chi connectivity index (χ0v) is 19.9. The normalized spacial score (nSPS) is 11.7. The Hall–Kier alpha value is -2.02. The highest BCUT2D eigenvalue weighted by Crippen LogP contribution is 2.36. The summed E-state index contributed by atoms with van der Waals surface area (Å²) in [5.74, 6) is 0.814. The lowest BCUT2D eigenvalue weighted by molar-refractivity contribution is 0.198. The summed E-state index contributed by atoms with van der Waals surface area (Å²) in [4.78, 5) is 23.0. The van der Waals surface area contributed by atoms with Crippen molar-refractivity contribution in [1.29, 1.82) is 0 Å². The van der Waals surface area contributed by atoms with Crippen LogP contribution in [0.4, 0.5) is 0 Å². The first-order valence-electron chi connectivity index (χ1n) is 10.7. The van der Waals surface area contributed by atoms with E-state index in [0.717, 1.165) is 51.7 Å². The number of fused-ring (bicyclic) bond motifs is 1. The number of hydrogen-bond donors (Lipinski definition) is 0. The van der Waals surface area contributed by atoms with E-state index in [1.54, 1.807) is 18.4 Å². The zero-order valence-electron chi connectivity index (χ0n) is 19.0. The molecular weight excluding hydrogens is 394 g/mol. The van der Waals surface area contributed by atoms with Crippen molar-refractivity contribution in [2.24, 2.45) is 0 Å². The lowest BCUT2D eigenvalue weighted by atomic mass is 9.99. The minimum absolute atomic E-state index is 0.0656. The van der Waals surface area contributed by atoms with Gasteiger partial charge in [-0.1, -0.05) is 32.0 Å². The molecule has 30 heavy (non-hydrogen) atoms. The molecule has 0 radical (unpaired) electrons. The first-order chi connectivity index (χ1) is 14.4. The second-order valence-electron chi connectivity index (χ2n) is 7.77. The number of ether oxygens (including phenoxy) is 1. The maximum Gasteiger partial charge on any atom is 0.262 e. The van der Waals surface area contributed by atoms with Gasteiger partial charge in [0.05, 0.1) is 12.0 Å². The summed E-state index contributed by atoms with van der Waals surface area (Å²) >= 11 is 1.61. The second kappa shape index (κ2) is 9.86. The first kappa shape index (κ1) is 22.7. The third-order valence-electron chi connectivity index (χ3n) is 5.93. The molecule has 0 amide bonds. The molecule has 162 valence electrons. The smallest absolute Gasteiger partial charge is 0.262 e. The summed E-state index contributed by atoms with van der Waals surface area (Å²) in [6.45, 7) is 14.6. The van der Waals surface area contributed by atoms with Gasteiger partial charge in [0, 0.05) is 37.1 Å². The average molecular weight is 428 g/mol. The van der Waals surface area contributed by atoms with Crippen LogP contribution in [0, 0.1) is 20.8 Å². The van der Waals surface area contributed by atoms with E-state index in [2.05, 4.69) is 57.7 Å². The molecule has 0 fully saturated rings. The average Bonchev–Trinajstić information content (AvgIpc) is 3.06. The molecule has 0 saturated carbocycles. The molecule has 0 aliphatic carbocycles. The van der Waals surface area contributed by atoms with Crippen LogP contribution in [0.5, 0.6) is 0 Å². The van der Waals surface area contributed by atoms with Gasteiger partial charge in [-0.3, -0.25) is 9.36 Å². The van der Waals surface area contributed by atoms with Gasteiger partial charge in [0.15, 0.2) is 0 Å². The lowest BCUT2D eigenvalue weighted by Gasteiger charge is -2.20. The Morgan fingerprint density at radius 1 is 1.13 bits per heavy atom. The predicted octanol–water partition coefficient (Wildman–Crippen LogP) is 4.58. The van der Waals surface area contributed by atoms with E-state index in [-0.39, 0.29) is 5.56 Å². The molecule has 0 bridgehead atoms. The van der Waals surface area contributed by atoms with Crippen molar-refractivity contribution in [3.8, 4) is 11.1 Å². The van der Waals surface area contributed by atoms with Crippen molar-refractivity contribution in [1.82, 2.24) is 14.5 Å². The van der Waals surface area contributed by atoms with Crippen LogP contribution in [0.3, 0.4) is 0 Å². The van der Waals surface area contributed by atoms with E-state index < -0.39 is 0 Å². The van der Waals surface area contributed by atoms with Gasteiger partial charge in [-0.2, -0.15) is 0 Å².